The molecule has 1 aliphatic rings. The van der Waals surface area contributed by atoms with Crippen LogP contribution in [0.4, 0.5) is 0 Å². The smallest absolute Gasteiger partial charge is 0.303 e. The van der Waals surface area contributed by atoms with Crippen LogP contribution in [0.1, 0.15) is 67.0 Å². The summed E-state index contributed by atoms with van der Waals surface area (Å²) >= 11 is 0. The van der Waals surface area contributed by atoms with Crippen LogP contribution in [0.25, 0.3) is 0 Å². The molecule has 1 aliphatic heterocycles. The van der Waals surface area contributed by atoms with Crippen molar-refractivity contribution in [1.29, 1.82) is 0 Å². The van der Waals surface area contributed by atoms with E-state index in [1.165, 1.54) is 37.5 Å². The highest BCUT2D eigenvalue weighted by Crippen LogP contribution is 2.35. The van der Waals surface area contributed by atoms with Gasteiger partial charge < -0.3 is 23.7 Å². The molecule has 5 unspecified atom stereocenters. The number of allylic oxidation sites excluding steroid dienone is 3. The van der Waals surface area contributed by atoms with Gasteiger partial charge in [0.15, 0.2) is 24.6 Å². The van der Waals surface area contributed by atoms with Crippen LogP contribution in [-0.4, -0.2) is 71.7 Å². The summed E-state index contributed by atoms with van der Waals surface area (Å²) in [5.74, 6) is -1.84. The number of hydrogen-bond acceptors (Lipinski definition) is 10. The summed E-state index contributed by atoms with van der Waals surface area (Å²) in [5.41, 5.74) is 4.16. The highest BCUT2D eigenvalue weighted by atomic mass is 28.3. The SMILES string of the molecule is C=C(C)C[Si](CCCn1cc(COC2OC(CC)C(OC(C)=O)C(OC(C)=O)C2OC(C)=O)nn1)(CC(=C)C)CC(=C)C. The third-order valence-corrected chi connectivity index (χ3v) is 12.5. The molecule has 0 bridgehead atoms. The second-order valence-electron chi connectivity index (χ2n) is 12.0. The van der Waals surface area contributed by atoms with E-state index in [0.29, 0.717) is 18.7 Å². The number of nitrogens with zero attached hydrogens (tertiary/aromatic N) is 3. The Morgan fingerprint density at radius 2 is 1.37 bits per heavy atom. The largest absolute Gasteiger partial charge is 0.456 e. The Morgan fingerprint density at radius 3 is 1.86 bits per heavy atom. The summed E-state index contributed by atoms with van der Waals surface area (Å²) in [6.45, 7) is 25.1. The fourth-order valence-electron chi connectivity index (χ4n) is 5.99. The molecule has 2 rings (SSSR count). The predicted molar refractivity (Wildman–Crippen MR) is 164 cm³/mol. The Balaban J connectivity index is 2.14. The van der Waals surface area contributed by atoms with Gasteiger partial charge in [-0.2, -0.15) is 0 Å². The van der Waals surface area contributed by atoms with E-state index in [1.54, 1.807) is 4.68 Å². The first-order valence-corrected chi connectivity index (χ1v) is 17.6. The van der Waals surface area contributed by atoms with Crippen LogP contribution in [0.3, 0.4) is 0 Å². The van der Waals surface area contributed by atoms with Gasteiger partial charge >= 0.3 is 17.9 Å². The maximum absolute atomic E-state index is 12.0. The molecule has 5 atom stereocenters. The van der Waals surface area contributed by atoms with Gasteiger partial charge in [-0.3, -0.25) is 19.1 Å². The van der Waals surface area contributed by atoms with Gasteiger partial charge in [-0.1, -0.05) is 34.9 Å². The molecule has 2 heterocycles. The van der Waals surface area contributed by atoms with E-state index in [1.807, 2.05) is 13.1 Å². The lowest BCUT2D eigenvalue weighted by Crippen LogP contribution is -2.61. The molecule has 0 aromatic carbocycles. The maximum atomic E-state index is 12.0. The Bertz CT molecular complexity index is 1120. The maximum Gasteiger partial charge on any atom is 0.303 e. The Hall–Kier alpha value is -3.09. The summed E-state index contributed by atoms with van der Waals surface area (Å²) in [7, 11) is -1.75. The molecular weight excluding hydrogens is 570 g/mol. The zero-order valence-corrected chi connectivity index (χ0v) is 27.8. The van der Waals surface area contributed by atoms with Crippen LogP contribution in [0.2, 0.25) is 24.2 Å². The summed E-state index contributed by atoms with van der Waals surface area (Å²) in [6.07, 6.45) is -1.87. The fourth-order valence-corrected chi connectivity index (χ4v) is 11.6. The normalized spacial score (nSPS) is 22.0. The van der Waals surface area contributed by atoms with Crippen LogP contribution < -0.4 is 0 Å². The first-order chi connectivity index (χ1) is 20.1. The molecule has 0 spiro atoms. The number of rotatable bonds is 17. The van der Waals surface area contributed by atoms with Gasteiger partial charge in [-0.15, -0.1) is 24.8 Å². The summed E-state index contributed by atoms with van der Waals surface area (Å²) in [4.78, 5) is 35.7. The number of hydrogen-bond donors (Lipinski definition) is 0. The molecule has 0 aliphatic carbocycles. The van der Waals surface area contributed by atoms with E-state index in [-0.39, 0.29) is 6.61 Å². The van der Waals surface area contributed by atoms with Crippen molar-refractivity contribution in [2.24, 2.45) is 0 Å². The Kier molecular flexibility index (Phi) is 14.0. The van der Waals surface area contributed by atoms with Crippen LogP contribution in [0, 0.1) is 0 Å². The number of aryl methyl sites for hydroxylation is 1. The Morgan fingerprint density at radius 1 is 0.860 bits per heavy atom. The van der Waals surface area contributed by atoms with Crippen molar-refractivity contribution in [2.75, 3.05) is 0 Å². The van der Waals surface area contributed by atoms with Crippen molar-refractivity contribution < 1.29 is 38.1 Å². The van der Waals surface area contributed by atoms with Crippen molar-refractivity contribution in [3.8, 4) is 0 Å². The van der Waals surface area contributed by atoms with Gasteiger partial charge in [0.05, 0.1) is 20.9 Å². The Labute approximate surface area is 256 Å². The molecule has 240 valence electrons. The minimum atomic E-state index is -1.75. The van der Waals surface area contributed by atoms with E-state index in [2.05, 4.69) is 50.8 Å². The molecular formula is C31H49N3O8Si. The fraction of sp³-hybridized carbons (Fsp3) is 0.645. The van der Waals surface area contributed by atoms with Gasteiger partial charge in [0, 0.05) is 27.3 Å². The van der Waals surface area contributed by atoms with Crippen molar-refractivity contribution in [3.63, 3.8) is 0 Å². The number of carbonyl (C=O) groups excluding carboxylic acids is 3. The molecule has 12 heteroatoms. The second kappa shape index (κ2) is 16.7. The van der Waals surface area contributed by atoms with Gasteiger partial charge in [0.1, 0.15) is 11.8 Å². The molecule has 1 saturated heterocycles. The molecule has 43 heavy (non-hydrogen) atoms. The van der Waals surface area contributed by atoms with Crippen molar-refractivity contribution in [2.45, 2.75) is 129 Å². The molecule has 1 aromatic rings. The second-order valence-corrected chi connectivity index (χ2v) is 16.5. The van der Waals surface area contributed by atoms with Crippen LogP contribution in [0.15, 0.2) is 42.7 Å². The zero-order chi connectivity index (χ0) is 32.3. The minimum absolute atomic E-state index is 0.00353. The highest BCUT2D eigenvalue weighted by Gasteiger charge is 2.51. The van der Waals surface area contributed by atoms with E-state index in [0.717, 1.165) is 30.6 Å². The topological polar surface area (TPSA) is 128 Å². The summed E-state index contributed by atoms with van der Waals surface area (Å²) in [5, 5.41) is 8.52. The van der Waals surface area contributed by atoms with E-state index in [9.17, 15) is 14.4 Å². The zero-order valence-electron chi connectivity index (χ0n) is 26.8. The first-order valence-electron chi connectivity index (χ1n) is 14.8. The predicted octanol–water partition coefficient (Wildman–Crippen LogP) is 5.29. The van der Waals surface area contributed by atoms with Gasteiger partial charge in [-0.05, 0) is 51.7 Å². The molecule has 0 radical (unpaired) electrons. The monoisotopic (exact) mass is 619 g/mol. The number of aromatic nitrogens is 3. The average Bonchev–Trinajstić information content (AvgIpc) is 3.30. The number of esters is 3. The lowest BCUT2D eigenvalue weighted by Gasteiger charge is -2.44. The first kappa shape index (κ1) is 36.1. The van der Waals surface area contributed by atoms with Crippen molar-refractivity contribution in [3.05, 3.63) is 48.3 Å². The van der Waals surface area contributed by atoms with Crippen molar-refractivity contribution >= 4 is 26.0 Å². The third-order valence-electron chi connectivity index (χ3n) is 7.01. The van der Waals surface area contributed by atoms with E-state index >= 15 is 0 Å². The molecule has 1 aromatic heterocycles. The number of ether oxygens (including phenoxy) is 5. The van der Waals surface area contributed by atoms with Gasteiger partial charge in [-0.25, -0.2) is 0 Å². The summed E-state index contributed by atoms with van der Waals surface area (Å²) in [6, 6.07) is 4.21. The summed E-state index contributed by atoms with van der Waals surface area (Å²) < 4.78 is 30.2. The van der Waals surface area contributed by atoms with Crippen LogP contribution in [-0.2, 0) is 51.2 Å². The van der Waals surface area contributed by atoms with Gasteiger partial charge in [0.2, 0.25) is 0 Å². The highest BCUT2D eigenvalue weighted by molar-refractivity contribution is 6.81. The van der Waals surface area contributed by atoms with E-state index in [4.69, 9.17) is 23.7 Å². The third kappa shape index (κ3) is 11.8. The molecule has 0 amide bonds. The lowest BCUT2D eigenvalue weighted by molar-refractivity contribution is -0.307. The van der Waals surface area contributed by atoms with Crippen LogP contribution in [0.5, 0.6) is 0 Å². The minimum Gasteiger partial charge on any atom is -0.456 e. The molecule has 1 fully saturated rings. The molecule has 0 N–H and O–H groups in total. The van der Waals surface area contributed by atoms with Crippen LogP contribution >= 0.6 is 0 Å². The molecule has 11 nitrogen and oxygen atoms in total. The lowest BCUT2D eigenvalue weighted by atomic mass is 9.96. The van der Waals surface area contributed by atoms with Crippen molar-refractivity contribution in [1.82, 2.24) is 15.0 Å². The number of carbonyl (C=O) groups is 3. The quantitative estimate of drug-likeness (QED) is 0.0982. The standard InChI is InChI=1S/C31H49N3O8Si/c1-11-27-28(39-23(8)35)29(40-24(9)36)30(41-25(10)37)31(42-27)38-16-26-15-34(33-32-26)13-12-14-43(17-20(2)3,18-21(4)5)19-22(6)7/h15,27-31H,2,4,6,11-14,16-19H2,1,3,5,7-10H3. The average molecular weight is 620 g/mol. The van der Waals surface area contributed by atoms with E-state index < -0.39 is 56.7 Å². The van der Waals surface area contributed by atoms with Gasteiger partial charge in [0.25, 0.3) is 0 Å². The molecule has 0 saturated carbocycles.